The van der Waals surface area contributed by atoms with Crippen LogP contribution in [-0.2, 0) is 11.3 Å². The number of ether oxygens (including phenoxy) is 1. The number of hydrogen-bond acceptors (Lipinski definition) is 5. The highest BCUT2D eigenvalue weighted by Gasteiger charge is 2.32. The Morgan fingerprint density at radius 1 is 1.52 bits per heavy atom. The van der Waals surface area contributed by atoms with Crippen molar-refractivity contribution < 1.29 is 14.3 Å². The number of amides is 2. The third-order valence-electron chi connectivity index (χ3n) is 3.77. The second kappa shape index (κ2) is 7.55. The monoisotopic (exact) mass is 347 g/mol. The van der Waals surface area contributed by atoms with Crippen molar-refractivity contribution in [3.63, 3.8) is 0 Å². The van der Waals surface area contributed by atoms with Gasteiger partial charge in [-0.05, 0) is 40.5 Å². The van der Waals surface area contributed by atoms with Crippen molar-refractivity contribution in [3.8, 4) is 12.3 Å². The van der Waals surface area contributed by atoms with E-state index < -0.39 is 5.60 Å². The Morgan fingerprint density at radius 2 is 2.24 bits per heavy atom. The number of nitrogens with one attached hydrogen (secondary N) is 1. The Hall–Kier alpha value is -2.56. The van der Waals surface area contributed by atoms with Crippen molar-refractivity contribution in [2.24, 2.45) is 0 Å². The number of rotatable bonds is 4. The van der Waals surface area contributed by atoms with Crippen molar-refractivity contribution in [2.45, 2.75) is 64.8 Å². The van der Waals surface area contributed by atoms with Crippen molar-refractivity contribution in [1.82, 2.24) is 25.2 Å². The molecule has 2 rings (SSSR count). The van der Waals surface area contributed by atoms with E-state index in [1.165, 1.54) is 0 Å². The quantitative estimate of drug-likeness (QED) is 0.832. The minimum atomic E-state index is -0.531. The molecule has 1 aliphatic heterocycles. The van der Waals surface area contributed by atoms with Gasteiger partial charge in [0.2, 0.25) is 0 Å². The first kappa shape index (κ1) is 18.8. The third-order valence-corrected chi connectivity index (χ3v) is 3.77. The van der Waals surface area contributed by atoms with Crippen LogP contribution in [0.2, 0.25) is 0 Å². The van der Waals surface area contributed by atoms with Crippen LogP contribution in [0, 0.1) is 12.3 Å². The summed E-state index contributed by atoms with van der Waals surface area (Å²) in [5.74, 6) is 2.05. The molecule has 1 saturated heterocycles. The molecule has 1 aromatic rings. The lowest BCUT2D eigenvalue weighted by molar-refractivity contribution is 0.0211. The van der Waals surface area contributed by atoms with Crippen LogP contribution in [0.3, 0.4) is 0 Å². The number of hydrogen-bond donors (Lipinski definition) is 1. The number of carbonyl (C=O) groups is 2. The molecule has 2 amide bonds. The van der Waals surface area contributed by atoms with E-state index in [-0.39, 0.29) is 29.8 Å². The molecule has 25 heavy (non-hydrogen) atoms. The van der Waals surface area contributed by atoms with Crippen LogP contribution in [0.15, 0.2) is 6.20 Å². The van der Waals surface area contributed by atoms with Gasteiger partial charge in [-0.3, -0.25) is 4.79 Å². The summed E-state index contributed by atoms with van der Waals surface area (Å²) in [5.41, 5.74) is -0.333. The predicted octanol–water partition coefficient (Wildman–Crippen LogP) is 1.43. The molecule has 2 heterocycles. The summed E-state index contributed by atoms with van der Waals surface area (Å²) in [7, 11) is 0. The number of carbonyl (C=O) groups excluding carboxylic acids is 2. The van der Waals surface area contributed by atoms with Crippen molar-refractivity contribution in [1.29, 1.82) is 0 Å². The Balaban J connectivity index is 1.98. The number of nitrogens with zero attached hydrogens (tertiary/aromatic N) is 4. The van der Waals surface area contributed by atoms with Crippen LogP contribution >= 0.6 is 0 Å². The highest BCUT2D eigenvalue weighted by Crippen LogP contribution is 2.21. The van der Waals surface area contributed by atoms with E-state index in [0.29, 0.717) is 13.1 Å². The van der Waals surface area contributed by atoms with Gasteiger partial charge in [0.05, 0.1) is 24.8 Å². The van der Waals surface area contributed by atoms with E-state index in [9.17, 15) is 9.59 Å². The van der Waals surface area contributed by atoms with E-state index in [2.05, 4.69) is 21.5 Å². The van der Waals surface area contributed by atoms with Gasteiger partial charge in [-0.2, -0.15) is 0 Å². The minimum Gasteiger partial charge on any atom is -0.444 e. The van der Waals surface area contributed by atoms with Gasteiger partial charge in [0.25, 0.3) is 5.91 Å². The maximum absolute atomic E-state index is 12.3. The van der Waals surface area contributed by atoms with Crippen molar-refractivity contribution in [2.75, 3.05) is 6.54 Å². The molecule has 0 aromatic carbocycles. The molecule has 0 saturated carbocycles. The van der Waals surface area contributed by atoms with Crippen LogP contribution < -0.4 is 5.32 Å². The smallest absolute Gasteiger partial charge is 0.410 e. The van der Waals surface area contributed by atoms with E-state index in [4.69, 9.17) is 11.2 Å². The van der Waals surface area contributed by atoms with Crippen LogP contribution in [0.25, 0.3) is 0 Å². The van der Waals surface area contributed by atoms with Crippen LogP contribution in [-0.4, -0.2) is 56.1 Å². The summed E-state index contributed by atoms with van der Waals surface area (Å²) >= 11 is 0. The zero-order chi connectivity index (χ0) is 18.6. The third kappa shape index (κ3) is 5.21. The summed E-state index contributed by atoms with van der Waals surface area (Å²) in [4.78, 5) is 26.0. The summed E-state index contributed by atoms with van der Waals surface area (Å²) < 4.78 is 7.02. The van der Waals surface area contributed by atoms with Crippen molar-refractivity contribution in [3.05, 3.63) is 11.9 Å². The average molecular weight is 347 g/mol. The van der Waals surface area contributed by atoms with E-state index in [1.54, 1.807) is 22.7 Å². The van der Waals surface area contributed by atoms with Gasteiger partial charge in [0, 0.05) is 6.54 Å². The maximum Gasteiger partial charge on any atom is 0.410 e. The Labute approximate surface area is 147 Å². The lowest BCUT2D eigenvalue weighted by Gasteiger charge is -2.28. The van der Waals surface area contributed by atoms with Crippen molar-refractivity contribution >= 4 is 12.0 Å². The fraction of sp³-hybridized carbons (Fsp3) is 0.647. The SMILES string of the molecule is C#C[C@H](C)NC(=O)c1cn(C[C@H]2CCCN2C(=O)OC(C)(C)C)nn1. The highest BCUT2D eigenvalue weighted by molar-refractivity contribution is 5.92. The van der Waals surface area contributed by atoms with Gasteiger partial charge >= 0.3 is 6.09 Å². The standard InChI is InChI=1S/C17H25N5O3/c1-6-12(2)18-15(23)14-11-21(20-19-14)10-13-8-7-9-22(13)16(24)25-17(3,4)5/h1,11-13H,7-10H2,2-5H3,(H,18,23)/t12-,13+/m0/s1. The topological polar surface area (TPSA) is 89.4 Å². The molecule has 0 aliphatic carbocycles. The molecule has 136 valence electrons. The van der Waals surface area contributed by atoms with Gasteiger partial charge in [0.1, 0.15) is 5.60 Å². The average Bonchev–Trinajstić information content (AvgIpc) is 3.15. The summed E-state index contributed by atoms with van der Waals surface area (Å²) in [6.07, 6.45) is 8.25. The fourth-order valence-corrected chi connectivity index (χ4v) is 2.61. The molecule has 0 unspecified atom stereocenters. The number of likely N-dealkylation sites (tertiary alicyclic amines) is 1. The molecular formula is C17H25N5O3. The summed E-state index contributed by atoms with van der Waals surface area (Å²) in [6, 6.07) is -0.410. The molecule has 1 aliphatic rings. The molecule has 1 aromatic heterocycles. The molecular weight excluding hydrogens is 322 g/mol. The molecule has 8 heteroatoms. The van der Waals surface area contributed by atoms with Gasteiger partial charge in [-0.1, -0.05) is 11.1 Å². The van der Waals surface area contributed by atoms with Crippen LogP contribution in [0.1, 0.15) is 51.0 Å². The molecule has 0 radical (unpaired) electrons. The predicted molar refractivity (Wildman–Crippen MR) is 91.7 cm³/mol. The van der Waals surface area contributed by atoms with Crippen LogP contribution in [0.4, 0.5) is 4.79 Å². The fourth-order valence-electron chi connectivity index (χ4n) is 2.61. The Kier molecular flexibility index (Phi) is 5.67. The second-order valence-electron chi connectivity index (χ2n) is 7.16. The Bertz CT molecular complexity index is 671. The van der Waals surface area contributed by atoms with Gasteiger partial charge in [-0.15, -0.1) is 11.5 Å². The van der Waals surface area contributed by atoms with E-state index in [1.807, 2.05) is 20.8 Å². The minimum absolute atomic E-state index is 0.0305. The summed E-state index contributed by atoms with van der Waals surface area (Å²) in [5, 5.41) is 10.5. The molecule has 1 N–H and O–H groups in total. The first-order chi connectivity index (χ1) is 11.7. The Morgan fingerprint density at radius 3 is 2.88 bits per heavy atom. The molecule has 8 nitrogen and oxygen atoms in total. The zero-order valence-corrected chi connectivity index (χ0v) is 15.2. The first-order valence-electron chi connectivity index (χ1n) is 8.36. The van der Waals surface area contributed by atoms with Crippen LogP contribution in [0.5, 0.6) is 0 Å². The molecule has 2 atom stereocenters. The largest absolute Gasteiger partial charge is 0.444 e. The van der Waals surface area contributed by atoms with Gasteiger partial charge in [0.15, 0.2) is 5.69 Å². The number of aromatic nitrogens is 3. The lowest BCUT2D eigenvalue weighted by Crippen LogP contribution is -2.41. The first-order valence-corrected chi connectivity index (χ1v) is 8.36. The molecule has 1 fully saturated rings. The highest BCUT2D eigenvalue weighted by atomic mass is 16.6. The molecule has 0 bridgehead atoms. The molecule has 0 spiro atoms. The zero-order valence-electron chi connectivity index (χ0n) is 15.2. The second-order valence-corrected chi connectivity index (χ2v) is 7.16. The van der Waals surface area contributed by atoms with E-state index >= 15 is 0 Å². The number of terminal acetylenes is 1. The van der Waals surface area contributed by atoms with Gasteiger partial charge in [-0.25, -0.2) is 9.48 Å². The normalized spacial score (nSPS) is 18.5. The lowest BCUT2D eigenvalue weighted by atomic mass is 10.2. The van der Waals surface area contributed by atoms with E-state index in [0.717, 1.165) is 12.8 Å². The maximum atomic E-state index is 12.3. The van der Waals surface area contributed by atoms with Gasteiger partial charge < -0.3 is 15.0 Å². The summed E-state index contributed by atoms with van der Waals surface area (Å²) in [6.45, 7) is 8.35.